The quantitative estimate of drug-likeness (QED) is 0.791. The molecule has 0 saturated heterocycles. The zero-order valence-electron chi connectivity index (χ0n) is 14.8. The summed E-state index contributed by atoms with van der Waals surface area (Å²) in [5.41, 5.74) is 3.34. The average molecular weight is 352 g/mol. The van der Waals surface area contributed by atoms with Crippen LogP contribution in [0.3, 0.4) is 0 Å². The summed E-state index contributed by atoms with van der Waals surface area (Å²) in [6.07, 6.45) is 0.164. The summed E-state index contributed by atoms with van der Waals surface area (Å²) < 4.78 is 11.5. The van der Waals surface area contributed by atoms with Gasteiger partial charge in [-0.3, -0.25) is 4.79 Å². The van der Waals surface area contributed by atoms with E-state index in [-0.39, 0.29) is 19.0 Å². The molecular formula is C22H24O4. The Hall–Kier alpha value is -2.27. The van der Waals surface area contributed by atoms with E-state index in [1.54, 1.807) is 0 Å². The van der Waals surface area contributed by atoms with Crippen LogP contribution >= 0.6 is 0 Å². The topological polar surface area (TPSA) is 55.8 Å². The van der Waals surface area contributed by atoms with E-state index in [1.165, 1.54) is 0 Å². The summed E-state index contributed by atoms with van der Waals surface area (Å²) in [5.74, 6) is 0.0432. The molecule has 0 amide bonds. The number of rotatable bonds is 8. The van der Waals surface area contributed by atoms with Crippen LogP contribution in [0.5, 0.6) is 0 Å². The molecule has 4 nitrogen and oxygen atoms in total. The molecule has 0 spiro atoms. The van der Waals surface area contributed by atoms with Crippen molar-refractivity contribution in [3.8, 4) is 0 Å². The Kier molecular flexibility index (Phi) is 6.72. The Morgan fingerprint density at radius 3 is 1.92 bits per heavy atom. The fraction of sp³-hybridized carbons (Fsp3) is 0.318. The number of carbonyl (C=O) groups excluding carboxylic acids is 1. The third-order valence-electron chi connectivity index (χ3n) is 4.50. The van der Waals surface area contributed by atoms with E-state index in [9.17, 15) is 9.90 Å². The molecule has 136 valence electrons. The summed E-state index contributed by atoms with van der Waals surface area (Å²) in [6, 6.07) is 19.7. The van der Waals surface area contributed by atoms with Gasteiger partial charge in [-0.25, -0.2) is 0 Å². The van der Waals surface area contributed by atoms with Crippen LogP contribution in [0.25, 0.3) is 0 Å². The van der Waals surface area contributed by atoms with Crippen molar-refractivity contribution in [2.75, 3.05) is 13.2 Å². The van der Waals surface area contributed by atoms with E-state index in [2.05, 4.69) is 0 Å². The third kappa shape index (κ3) is 5.11. The van der Waals surface area contributed by atoms with E-state index in [0.717, 1.165) is 11.1 Å². The number of Topliss-reactive ketones (excluding diaryl/α,β-unsaturated/α-hetero) is 1. The average Bonchev–Trinajstić information content (AvgIpc) is 2.68. The van der Waals surface area contributed by atoms with Gasteiger partial charge >= 0.3 is 0 Å². The van der Waals surface area contributed by atoms with E-state index < -0.39 is 6.10 Å². The first-order valence-corrected chi connectivity index (χ1v) is 8.90. The van der Waals surface area contributed by atoms with Crippen LogP contribution in [0.2, 0.25) is 0 Å². The lowest BCUT2D eigenvalue weighted by Crippen LogP contribution is -2.28. The molecule has 1 aliphatic carbocycles. The minimum Gasteiger partial charge on any atom is -0.389 e. The third-order valence-corrected chi connectivity index (χ3v) is 4.50. The van der Waals surface area contributed by atoms with Crippen molar-refractivity contribution >= 4 is 5.78 Å². The van der Waals surface area contributed by atoms with Gasteiger partial charge in [0, 0.05) is 12.0 Å². The number of aliphatic hydroxyl groups excluding tert-OH is 1. The molecular weight excluding hydrogens is 328 g/mol. The van der Waals surface area contributed by atoms with E-state index >= 15 is 0 Å². The minimum atomic E-state index is -0.640. The van der Waals surface area contributed by atoms with Crippen molar-refractivity contribution in [1.29, 1.82) is 0 Å². The first-order chi connectivity index (χ1) is 12.7. The van der Waals surface area contributed by atoms with Gasteiger partial charge in [-0.05, 0) is 23.1 Å². The highest BCUT2D eigenvalue weighted by molar-refractivity contribution is 5.97. The van der Waals surface area contributed by atoms with Crippen LogP contribution < -0.4 is 0 Å². The smallest absolute Gasteiger partial charge is 0.161 e. The SMILES string of the molecule is O=C1CC[C@H](O)C(COCc2ccccc2)=C1COCc1ccccc1. The summed E-state index contributed by atoms with van der Waals surface area (Å²) in [6.45, 7) is 1.33. The monoisotopic (exact) mass is 352 g/mol. The molecule has 0 aliphatic heterocycles. The fourth-order valence-corrected chi connectivity index (χ4v) is 3.03. The molecule has 3 rings (SSSR count). The van der Waals surface area contributed by atoms with Gasteiger partial charge in [0.05, 0.1) is 32.5 Å². The zero-order valence-corrected chi connectivity index (χ0v) is 14.8. The molecule has 1 aliphatic rings. The molecule has 0 bridgehead atoms. The summed E-state index contributed by atoms with van der Waals surface area (Å²) in [7, 11) is 0. The van der Waals surface area contributed by atoms with Crippen molar-refractivity contribution in [3.63, 3.8) is 0 Å². The maximum absolute atomic E-state index is 12.3. The molecule has 2 aromatic rings. The Balaban J connectivity index is 1.61. The predicted molar refractivity (Wildman–Crippen MR) is 99.5 cm³/mol. The van der Waals surface area contributed by atoms with Crippen molar-refractivity contribution in [1.82, 2.24) is 0 Å². The second-order valence-corrected chi connectivity index (χ2v) is 6.44. The molecule has 1 N–H and O–H groups in total. The molecule has 0 unspecified atom stereocenters. The predicted octanol–water partition coefficient (Wildman–Crippen LogP) is 3.44. The lowest BCUT2D eigenvalue weighted by molar-refractivity contribution is -0.117. The minimum absolute atomic E-state index is 0.0432. The standard InChI is InChI=1S/C22H24O4/c23-21-11-12-22(24)20(16-26-14-18-9-5-2-6-10-18)19(21)15-25-13-17-7-3-1-4-8-17/h1-10,21,23H,11-16H2/t21-/m0/s1. The van der Waals surface area contributed by atoms with Gasteiger partial charge in [-0.1, -0.05) is 60.7 Å². The summed E-state index contributed by atoms with van der Waals surface area (Å²) in [4.78, 5) is 12.3. The van der Waals surface area contributed by atoms with Crippen LogP contribution in [-0.2, 0) is 27.5 Å². The second-order valence-electron chi connectivity index (χ2n) is 6.44. The van der Waals surface area contributed by atoms with Crippen LogP contribution in [-0.4, -0.2) is 30.2 Å². The van der Waals surface area contributed by atoms with Gasteiger partial charge in [-0.15, -0.1) is 0 Å². The molecule has 0 radical (unpaired) electrons. The van der Waals surface area contributed by atoms with Gasteiger partial charge in [0.1, 0.15) is 0 Å². The number of hydrogen-bond donors (Lipinski definition) is 1. The van der Waals surface area contributed by atoms with E-state index in [0.29, 0.717) is 37.2 Å². The number of carbonyl (C=O) groups is 1. The fourth-order valence-electron chi connectivity index (χ4n) is 3.03. The Bertz CT molecular complexity index is 737. The maximum Gasteiger partial charge on any atom is 0.161 e. The highest BCUT2D eigenvalue weighted by Gasteiger charge is 2.27. The lowest BCUT2D eigenvalue weighted by Gasteiger charge is -2.24. The Morgan fingerprint density at radius 1 is 0.808 bits per heavy atom. The second kappa shape index (κ2) is 9.43. The first-order valence-electron chi connectivity index (χ1n) is 8.90. The van der Waals surface area contributed by atoms with Gasteiger partial charge in [-0.2, -0.15) is 0 Å². The number of benzene rings is 2. The van der Waals surface area contributed by atoms with Crippen LogP contribution in [0.1, 0.15) is 24.0 Å². The summed E-state index contributed by atoms with van der Waals surface area (Å²) in [5, 5.41) is 10.3. The normalized spacial score (nSPS) is 17.6. The van der Waals surface area contributed by atoms with Crippen molar-refractivity contribution in [2.45, 2.75) is 32.2 Å². The van der Waals surface area contributed by atoms with Crippen molar-refractivity contribution in [2.24, 2.45) is 0 Å². The highest BCUT2D eigenvalue weighted by atomic mass is 16.5. The van der Waals surface area contributed by atoms with Gasteiger partial charge in [0.15, 0.2) is 5.78 Å². The van der Waals surface area contributed by atoms with Crippen LogP contribution in [0, 0.1) is 0 Å². The summed E-state index contributed by atoms with van der Waals surface area (Å²) >= 11 is 0. The van der Waals surface area contributed by atoms with Gasteiger partial charge in [0.2, 0.25) is 0 Å². The highest BCUT2D eigenvalue weighted by Crippen LogP contribution is 2.24. The van der Waals surface area contributed by atoms with Gasteiger partial charge < -0.3 is 14.6 Å². The molecule has 26 heavy (non-hydrogen) atoms. The zero-order chi connectivity index (χ0) is 18.2. The Labute approximate surface area is 154 Å². The first kappa shape index (κ1) is 18.5. The molecule has 2 aromatic carbocycles. The molecule has 0 saturated carbocycles. The molecule has 0 aromatic heterocycles. The number of aliphatic hydroxyl groups is 1. The molecule has 1 atom stereocenters. The molecule has 0 heterocycles. The van der Waals surface area contributed by atoms with Crippen LogP contribution in [0.15, 0.2) is 71.8 Å². The van der Waals surface area contributed by atoms with Crippen molar-refractivity contribution in [3.05, 3.63) is 82.9 Å². The van der Waals surface area contributed by atoms with Crippen LogP contribution in [0.4, 0.5) is 0 Å². The molecule has 4 heteroatoms. The number of hydrogen-bond acceptors (Lipinski definition) is 4. The largest absolute Gasteiger partial charge is 0.389 e. The van der Waals surface area contributed by atoms with Gasteiger partial charge in [0.25, 0.3) is 0 Å². The Morgan fingerprint density at radius 2 is 1.35 bits per heavy atom. The number of ketones is 1. The molecule has 0 fully saturated rings. The van der Waals surface area contributed by atoms with E-state index in [1.807, 2.05) is 60.7 Å². The van der Waals surface area contributed by atoms with E-state index in [4.69, 9.17) is 9.47 Å². The lowest BCUT2D eigenvalue weighted by atomic mass is 9.89. The number of ether oxygens (including phenoxy) is 2. The maximum atomic E-state index is 12.3. The van der Waals surface area contributed by atoms with Crippen molar-refractivity contribution < 1.29 is 19.4 Å².